The van der Waals surface area contributed by atoms with Gasteiger partial charge >= 0.3 is 21.6 Å². The predicted octanol–water partition coefficient (Wildman–Crippen LogP) is 2.72. The molecule has 1 heterocycles. The smallest absolute Gasteiger partial charge is 0.461 e. The zero-order chi connectivity index (χ0) is 19.7. The number of carbonyl (C=O) groups is 1. The first-order valence-corrected chi connectivity index (χ1v) is 8.41. The number of rotatable bonds is 5. The Balaban J connectivity index is 2.60. The van der Waals surface area contributed by atoms with Crippen LogP contribution in [0, 0.1) is 12.7 Å². The Morgan fingerprint density at radius 3 is 2.46 bits per heavy atom. The number of benzene rings is 1. The minimum atomic E-state index is -6.06. The van der Waals surface area contributed by atoms with Crippen LogP contribution in [0.2, 0.25) is 0 Å². The Bertz CT molecular complexity index is 937. The van der Waals surface area contributed by atoms with Gasteiger partial charge in [-0.2, -0.15) is 31.4 Å². The molecular formula is C14H12F4N2O5S. The molecule has 0 saturated heterocycles. The van der Waals surface area contributed by atoms with Crippen LogP contribution in [-0.2, 0) is 14.9 Å². The number of hydrogen-bond acceptors (Lipinski definition) is 6. The Morgan fingerprint density at radius 2 is 1.92 bits per heavy atom. The third-order valence-electron chi connectivity index (χ3n) is 2.97. The molecule has 0 spiro atoms. The van der Waals surface area contributed by atoms with E-state index < -0.39 is 44.7 Å². The molecule has 1 aromatic heterocycles. The summed E-state index contributed by atoms with van der Waals surface area (Å²) in [5.41, 5.74) is -6.20. The van der Waals surface area contributed by atoms with Gasteiger partial charge in [-0.3, -0.25) is 0 Å². The number of nitrogens with zero attached hydrogens (tertiary/aromatic N) is 2. The summed E-state index contributed by atoms with van der Waals surface area (Å²) in [7, 11) is -6.06. The number of esters is 1. The van der Waals surface area contributed by atoms with E-state index in [0.717, 1.165) is 12.1 Å². The zero-order valence-electron chi connectivity index (χ0n) is 13.4. The van der Waals surface area contributed by atoms with Crippen molar-refractivity contribution in [3.63, 3.8) is 0 Å². The maximum Gasteiger partial charge on any atom is 0.534 e. The first-order valence-electron chi connectivity index (χ1n) is 7.00. The molecule has 0 aliphatic carbocycles. The summed E-state index contributed by atoms with van der Waals surface area (Å²) >= 11 is 0. The van der Waals surface area contributed by atoms with Crippen molar-refractivity contribution in [3.05, 3.63) is 41.3 Å². The standard InChI is InChI=1S/C14H12F4N2O5S/c1-3-24-13(21)10-7-12(25-26(22,23)14(16,17)18)20(19-10)11-5-4-8(2)6-9(11)15/h4-7H,3H2,1-2H3. The van der Waals surface area contributed by atoms with Crippen molar-refractivity contribution in [2.75, 3.05) is 6.61 Å². The summed E-state index contributed by atoms with van der Waals surface area (Å²) in [5.74, 6) is -2.99. The maximum atomic E-state index is 14.1. The van der Waals surface area contributed by atoms with Gasteiger partial charge in [-0.25, -0.2) is 9.18 Å². The Labute approximate surface area is 145 Å². The molecule has 0 amide bonds. The van der Waals surface area contributed by atoms with E-state index in [4.69, 9.17) is 0 Å². The van der Waals surface area contributed by atoms with Crippen molar-refractivity contribution in [3.8, 4) is 11.6 Å². The van der Waals surface area contributed by atoms with Crippen molar-refractivity contribution < 1.29 is 39.7 Å². The van der Waals surface area contributed by atoms with Crippen molar-refractivity contribution >= 4 is 16.1 Å². The van der Waals surface area contributed by atoms with Crippen molar-refractivity contribution in [2.45, 2.75) is 19.4 Å². The molecule has 0 aliphatic heterocycles. The van der Waals surface area contributed by atoms with E-state index in [9.17, 15) is 30.8 Å². The SMILES string of the molecule is CCOC(=O)c1cc(OS(=O)(=O)C(F)(F)F)n(-c2ccc(C)cc2F)n1. The fourth-order valence-electron chi connectivity index (χ4n) is 1.84. The molecule has 2 rings (SSSR count). The minimum absolute atomic E-state index is 0.0678. The van der Waals surface area contributed by atoms with Crippen LogP contribution in [0.5, 0.6) is 5.88 Å². The van der Waals surface area contributed by atoms with E-state index in [1.807, 2.05) is 0 Å². The second-order valence-corrected chi connectivity index (χ2v) is 6.48. The van der Waals surface area contributed by atoms with Gasteiger partial charge in [-0.1, -0.05) is 6.07 Å². The van der Waals surface area contributed by atoms with Gasteiger partial charge in [0.1, 0.15) is 11.5 Å². The zero-order valence-corrected chi connectivity index (χ0v) is 14.2. The van der Waals surface area contributed by atoms with Gasteiger partial charge in [0.05, 0.1) is 6.61 Å². The molecule has 2 aromatic rings. The van der Waals surface area contributed by atoms with Crippen LogP contribution in [0.1, 0.15) is 23.0 Å². The van der Waals surface area contributed by atoms with Gasteiger partial charge < -0.3 is 8.92 Å². The predicted molar refractivity (Wildman–Crippen MR) is 79.8 cm³/mol. The van der Waals surface area contributed by atoms with E-state index in [2.05, 4.69) is 14.0 Å². The largest absolute Gasteiger partial charge is 0.534 e. The van der Waals surface area contributed by atoms with E-state index in [-0.39, 0.29) is 6.61 Å². The molecule has 0 unspecified atom stereocenters. The molecule has 0 bridgehead atoms. The average molecular weight is 396 g/mol. The molecule has 0 fully saturated rings. The highest BCUT2D eigenvalue weighted by molar-refractivity contribution is 7.87. The lowest BCUT2D eigenvalue weighted by Crippen LogP contribution is -2.28. The minimum Gasteiger partial charge on any atom is -0.461 e. The summed E-state index contributed by atoms with van der Waals surface area (Å²) in [6, 6.07) is 4.20. The highest BCUT2D eigenvalue weighted by Gasteiger charge is 2.49. The molecule has 7 nitrogen and oxygen atoms in total. The summed E-state index contributed by atoms with van der Waals surface area (Å²) in [6.45, 7) is 2.97. The summed E-state index contributed by atoms with van der Waals surface area (Å²) in [4.78, 5) is 11.7. The van der Waals surface area contributed by atoms with Crippen LogP contribution in [0.25, 0.3) is 5.69 Å². The van der Waals surface area contributed by atoms with Gasteiger partial charge in [-0.05, 0) is 31.5 Å². The number of aromatic nitrogens is 2. The lowest BCUT2D eigenvalue weighted by atomic mass is 10.2. The van der Waals surface area contributed by atoms with Gasteiger partial charge in [0.15, 0.2) is 5.69 Å². The van der Waals surface area contributed by atoms with E-state index >= 15 is 0 Å². The van der Waals surface area contributed by atoms with Crippen molar-refractivity contribution in [1.82, 2.24) is 9.78 Å². The lowest BCUT2D eigenvalue weighted by Gasteiger charge is -2.11. The molecule has 0 atom stereocenters. The molecule has 0 saturated carbocycles. The maximum absolute atomic E-state index is 14.1. The number of hydrogen-bond donors (Lipinski definition) is 0. The molecule has 0 aliphatic rings. The van der Waals surface area contributed by atoms with Gasteiger partial charge in [-0.15, -0.1) is 0 Å². The van der Waals surface area contributed by atoms with E-state index in [0.29, 0.717) is 16.3 Å². The Morgan fingerprint density at radius 1 is 1.27 bits per heavy atom. The van der Waals surface area contributed by atoms with Crippen LogP contribution in [-0.4, -0.2) is 36.3 Å². The average Bonchev–Trinajstić information content (AvgIpc) is 2.89. The highest BCUT2D eigenvalue weighted by Crippen LogP contribution is 2.29. The summed E-state index contributed by atoms with van der Waals surface area (Å²) in [5, 5.41) is 3.60. The summed E-state index contributed by atoms with van der Waals surface area (Å²) < 4.78 is 83.4. The number of halogens is 4. The molecular weight excluding hydrogens is 384 g/mol. The van der Waals surface area contributed by atoms with Crippen LogP contribution < -0.4 is 4.18 Å². The molecule has 26 heavy (non-hydrogen) atoms. The Kier molecular flexibility index (Phi) is 5.26. The number of alkyl halides is 3. The van der Waals surface area contributed by atoms with E-state index in [1.54, 1.807) is 6.92 Å². The normalized spacial score (nSPS) is 12.1. The first-order chi connectivity index (χ1) is 12.0. The van der Waals surface area contributed by atoms with Crippen LogP contribution in [0.15, 0.2) is 24.3 Å². The second kappa shape index (κ2) is 6.94. The fourth-order valence-corrected chi connectivity index (χ4v) is 2.28. The van der Waals surface area contributed by atoms with Gasteiger partial charge in [0.25, 0.3) is 0 Å². The topological polar surface area (TPSA) is 87.5 Å². The van der Waals surface area contributed by atoms with Gasteiger partial charge in [0.2, 0.25) is 5.88 Å². The summed E-state index contributed by atoms with van der Waals surface area (Å²) in [6.07, 6.45) is 0. The molecule has 0 N–H and O–H groups in total. The van der Waals surface area contributed by atoms with Gasteiger partial charge in [0, 0.05) is 6.07 Å². The van der Waals surface area contributed by atoms with Crippen LogP contribution in [0.4, 0.5) is 17.6 Å². The number of aryl methyl sites for hydroxylation is 1. The highest BCUT2D eigenvalue weighted by atomic mass is 32.2. The molecule has 142 valence electrons. The molecule has 1 aromatic carbocycles. The number of carbonyl (C=O) groups excluding carboxylic acids is 1. The second-order valence-electron chi connectivity index (χ2n) is 4.94. The lowest BCUT2D eigenvalue weighted by molar-refractivity contribution is -0.0502. The number of ether oxygens (including phenoxy) is 1. The third-order valence-corrected chi connectivity index (χ3v) is 3.93. The molecule has 12 heteroatoms. The van der Waals surface area contributed by atoms with Crippen molar-refractivity contribution in [2.24, 2.45) is 0 Å². The van der Waals surface area contributed by atoms with Crippen molar-refractivity contribution in [1.29, 1.82) is 0 Å². The Hall–Kier alpha value is -2.63. The van der Waals surface area contributed by atoms with Crippen LogP contribution >= 0.6 is 0 Å². The molecule has 0 radical (unpaired) electrons. The monoisotopic (exact) mass is 396 g/mol. The first kappa shape index (κ1) is 19.7. The van der Waals surface area contributed by atoms with E-state index in [1.165, 1.54) is 13.0 Å². The van der Waals surface area contributed by atoms with Crippen LogP contribution in [0.3, 0.4) is 0 Å². The fraction of sp³-hybridized carbons (Fsp3) is 0.286. The quantitative estimate of drug-likeness (QED) is 0.334. The third kappa shape index (κ3) is 3.95.